The molecule has 0 bridgehead atoms. The maximum atomic E-state index is 10.1. The van der Waals surface area contributed by atoms with Gasteiger partial charge in [0.2, 0.25) is 0 Å². The molecule has 1 aromatic carbocycles. The predicted molar refractivity (Wildman–Crippen MR) is 31.9 cm³/mol. The van der Waals surface area contributed by atoms with Gasteiger partial charge in [0.15, 0.2) is 0 Å². The largest absolute Gasteiger partial charge is 1.00 e. The van der Waals surface area contributed by atoms with Gasteiger partial charge in [0, 0.05) is 0 Å². The molecule has 48 valence electrons. The van der Waals surface area contributed by atoms with Crippen molar-refractivity contribution in [2.75, 3.05) is 0 Å². The molecule has 0 N–H and O–H groups in total. The summed E-state index contributed by atoms with van der Waals surface area (Å²) in [7, 11) is 0. The van der Waals surface area contributed by atoms with E-state index >= 15 is 0 Å². The number of rotatable bonds is 1. The number of hydrogen-bond acceptors (Lipinski definition) is 2. The molecule has 0 amide bonds. The van der Waals surface area contributed by atoms with E-state index in [4.69, 9.17) is 0 Å². The first-order valence-corrected chi connectivity index (χ1v) is 2.57. The zero-order valence-electron chi connectivity index (χ0n) is 7.70. The average Bonchev–Trinajstić information content (AvgIpc) is 1.90. The third-order valence-corrected chi connectivity index (χ3v) is 1.01. The molecule has 0 fully saturated rings. The van der Waals surface area contributed by atoms with Crippen molar-refractivity contribution in [1.82, 2.24) is 0 Å². The molecule has 0 aliphatic heterocycles. The summed E-state index contributed by atoms with van der Waals surface area (Å²) < 4.78 is 0. The standard InChI is InChI=1S/C7H6O2.K.Na.H/c8-7(9)6-4-2-1-3-5-6;;;/h1-5H,(H,8,9);;;/q;2*+1;-1/p-1. The van der Waals surface area contributed by atoms with Crippen LogP contribution in [-0.2, 0) is 0 Å². The van der Waals surface area contributed by atoms with Crippen LogP contribution in [0.3, 0.4) is 0 Å². The Balaban J connectivity index is -0.000000270. The number of benzene rings is 1. The van der Waals surface area contributed by atoms with E-state index in [0.717, 1.165) is 0 Å². The van der Waals surface area contributed by atoms with Gasteiger partial charge in [0.1, 0.15) is 0 Å². The van der Waals surface area contributed by atoms with E-state index in [1.807, 2.05) is 0 Å². The topological polar surface area (TPSA) is 40.1 Å². The Morgan fingerprint density at radius 3 is 2.00 bits per heavy atom. The predicted octanol–water partition coefficient (Wildman–Crippen LogP) is -5.83. The molecular weight excluding hydrogens is 178 g/mol. The molecule has 2 nitrogen and oxygen atoms in total. The van der Waals surface area contributed by atoms with Gasteiger partial charge in [0.25, 0.3) is 0 Å². The van der Waals surface area contributed by atoms with Gasteiger partial charge in [0.05, 0.1) is 5.97 Å². The van der Waals surface area contributed by atoms with Crippen LogP contribution in [0.4, 0.5) is 0 Å². The second-order valence-electron chi connectivity index (χ2n) is 1.65. The van der Waals surface area contributed by atoms with Gasteiger partial charge < -0.3 is 11.3 Å². The van der Waals surface area contributed by atoms with Gasteiger partial charge in [-0.2, -0.15) is 0 Å². The second kappa shape index (κ2) is 7.95. The van der Waals surface area contributed by atoms with E-state index in [1.54, 1.807) is 18.2 Å². The Hall–Kier alpha value is 1.33. The van der Waals surface area contributed by atoms with E-state index in [-0.39, 0.29) is 87.9 Å². The SMILES string of the molecule is O=C([O-])c1ccccc1.[H-].[K+].[Na+]. The van der Waals surface area contributed by atoms with Crippen LogP contribution < -0.4 is 86.0 Å². The van der Waals surface area contributed by atoms with Crippen molar-refractivity contribution < 1.29 is 92.3 Å². The molecule has 0 saturated carbocycles. The minimum absolute atomic E-state index is 0. The molecule has 4 heteroatoms. The first kappa shape index (κ1) is 14.8. The Morgan fingerprint density at radius 1 is 1.27 bits per heavy atom. The van der Waals surface area contributed by atoms with Crippen LogP contribution in [0.25, 0.3) is 0 Å². The van der Waals surface area contributed by atoms with E-state index < -0.39 is 5.97 Å². The van der Waals surface area contributed by atoms with Gasteiger partial charge in [-0.05, 0) is 5.56 Å². The van der Waals surface area contributed by atoms with Gasteiger partial charge in [-0.15, -0.1) is 0 Å². The molecule has 0 spiro atoms. The molecule has 0 atom stereocenters. The van der Waals surface area contributed by atoms with Crippen LogP contribution >= 0.6 is 0 Å². The third kappa shape index (κ3) is 5.55. The van der Waals surface area contributed by atoms with Crippen molar-refractivity contribution in [3.63, 3.8) is 0 Å². The maximum Gasteiger partial charge on any atom is 1.00 e. The quantitative estimate of drug-likeness (QED) is 0.408. The Bertz CT molecular complexity index is 218. The molecule has 1 rings (SSSR count). The number of carboxylic acid groups (broad SMARTS) is 1. The molecule has 11 heavy (non-hydrogen) atoms. The third-order valence-electron chi connectivity index (χ3n) is 1.01. The second-order valence-corrected chi connectivity index (χ2v) is 1.65. The first-order chi connectivity index (χ1) is 4.30. The van der Waals surface area contributed by atoms with Gasteiger partial charge in [-0.3, -0.25) is 0 Å². The normalized spacial score (nSPS) is 7.27. The zero-order valence-corrected chi connectivity index (χ0v) is 11.8. The van der Waals surface area contributed by atoms with Crippen molar-refractivity contribution in [1.29, 1.82) is 0 Å². The van der Waals surface area contributed by atoms with Gasteiger partial charge in [-0.1, -0.05) is 30.3 Å². The number of hydrogen-bond donors (Lipinski definition) is 0. The fourth-order valence-electron chi connectivity index (χ4n) is 0.574. The summed E-state index contributed by atoms with van der Waals surface area (Å²) in [6.45, 7) is 0. The minimum Gasteiger partial charge on any atom is -1.00 e. The van der Waals surface area contributed by atoms with Gasteiger partial charge >= 0.3 is 80.9 Å². The monoisotopic (exact) mass is 184 g/mol. The Kier molecular flexibility index (Phi) is 10.7. The van der Waals surface area contributed by atoms with E-state index in [2.05, 4.69) is 0 Å². The minimum atomic E-state index is -1.13. The number of carboxylic acids is 1. The molecule has 0 aromatic heterocycles. The average molecular weight is 184 g/mol. The maximum absolute atomic E-state index is 10.1. The van der Waals surface area contributed by atoms with Gasteiger partial charge in [-0.25, -0.2) is 0 Å². The molecule has 0 aliphatic carbocycles. The van der Waals surface area contributed by atoms with Crippen molar-refractivity contribution >= 4 is 5.97 Å². The van der Waals surface area contributed by atoms with Crippen molar-refractivity contribution in [2.24, 2.45) is 0 Å². The molecule has 0 saturated heterocycles. The van der Waals surface area contributed by atoms with Crippen molar-refractivity contribution in [2.45, 2.75) is 0 Å². The summed E-state index contributed by atoms with van der Waals surface area (Å²) in [5.74, 6) is -1.13. The summed E-state index contributed by atoms with van der Waals surface area (Å²) in [6.07, 6.45) is 0. The molecule has 0 heterocycles. The summed E-state index contributed by atoms with van der Waals surface area (Å²) in [5.41, 5.74) is 0.220. The molecular formula is C7H6KNaO2. The summed E-state index contributed by atoms with van der Waals surface area (Å²) in [6, 6.07) is 8.06. The summed E-state index contributed by atoms with van der Waals surface area (Å²) in [4.78, 5) is 10.1. The Labute approximate surface area is 132 Å². The van der Waals surface area contributed by atoms with Crippen LogP contribution in [0.1, 0.15) is 11.8 Å². The first-order valence-electron chi connectivity index (χ1n) is 2.57. The van der Waals surface area contributed by atoms with Crippen LogP contribution in [0, 0.1) is 0 Å². The van der Waals surface area contributed by atoms with Crippen LogP contribution in [0.5, 0.6) is 0 Å². The Morgan fingerprint density at radius 2 is 1.73 bits per heavy atom. The van der Waals surface area contributed by atoms with Crippen LogP contribution in [-0.4, -0.2) is 5.97 Å². The zero-order chi connectivity index (χ0) is 6.69. The molecule has 0 aliphatic rings. The molecule has 0 unspecified atom stereocenters. The number of carbonyl (C=O) groups is 1. The number of aromatic carboxylic acids is 1. The van der Waals surface area contributed by atoms with E-state index in [9.17, 15) is 9.90 Å². The van der Waals surface area contributed by atoms with Crippen molar-refractivity contribution in [3.8, 4) is 0 Å². The molecule has 1 aromatic rings. The van der Waals surface area contributed by atoms with E-state index in [0.29, 0.717) is 0 Å². The number of carbonyl (C=O) groups excluding carboxylic acids is 1. The van der Waals surface area contributed by atoms with Crippen LogP contribution in [0.2, 0.25) is 0 Å². The van der Waals surface area contributed by atoms with Crippen molar-refractivity contribution in [3.05, 3.63) is 35.9 Å². The smallest absolute Gasteiger partial charge is 1.00 e. The fraction of sp³-hybridized carbons (Fsp3) is 0. The molecule has 0 radical (unpaired) electrons. The van der Waals surface area contributed by atoms with E-state index in [1.165, 1.54) is 12.1 Å². The fourth-order valence-corrected chi connectivity index (χ4v) is 0.574. The summed E-state index contributed by atoms with van der Waals surface area (Å²) in [5, 5.41) is 10.1. The van der Waals surface area contributed by atoms with Crippen LogP contribution in [0.15, 0.2) is 30.3 Å². The summed E-state index contributed by atoms with van der Waals surface area (Å²) >= 11 is 0.